The second kappa shape index (κ2) is 8.86. The van der Waals surface area contributed by atoms with Crippen LogP contribution in [0.15, 0.2) is 47.6 Å². The maximum absolute atomic E-state index is 4.39. The molecule has 20 heavy (non-hydrogen) atoms. The average Bonchev–Trinajstić information content (AvgIpc) is 2.42. The second-order valence-corrected chi connectivity index (χ2v) is 7.97. The van der Waals surface area contributed by atoms with Crippen LogP contribution in [-0.2, 0) is 0 Å². The SMILES string of the molecule is C=C(C)C1=C(C(=C)CC(CCCC)C(C)I)C=CCC1. The molecule has 0 N–H and O–H groups in total. The Morgan fingerprint density at radius 1 is 1.40 bits per heavy atom. The van der Waals surface area contributed by atoms with Crippen molar-refractivity contribution >= 4 is 22.6 Å². The molecule has 1 aliphatic carbocycles. The first-order valence-corrected chi connectivity index (χ1v) is 9.09. The number of unbranched alkanes of at least 4 members (excludes halogenated alkanes) is 1. The lowest BCUT2D eigenvalue weighted by Crippen LogP contribution is -2.13. The minimum Gasteiger partial charge on any atom is -0.0958 e. The summed E-state index contributed by atoms with van der Waals surface area (Å²) in [5.41, 5.74) is 5.30. The van der Waals surface area contributed by atoms with Gasteiger partial charge in [-0.1, -0.05) is 80.2 Å². The van der Waals surface area contributed by atoms with E-state index in [0.29, 0.717) is 3.92 Å². The fraction of sp³-hybridized carbons (Fsp3) is 0.579. The Morgan fingerprint density at radius 3 is 2.65 bits per heavy atom. The summed E-state index contributed by atoms with van der Waals surface area (Å²) in [6.07, 6.45) is 11.9. The Kier molecular flexibility index (Phi) is 7.86. The zero-order valence-electron chi connectivity index (χ0n) is 13.3. The van der Waals surface area contributed by atoms with Crippen LogP contribution in [0.3, 0.4) is 0 Å². The van der Waals surface area contributed by atoms with Gasteiger partial charge in [-0.15, -0.1) is 0 Å². The minimum absolute atomic E-state index is 0.706. The lowest BCUT2D eigenvalue weighted by atomic mass is 9.84. The van der Waals surface area contributed by atoms with Gasteiger partial charge in [0.25, 0.3) is 0 Å². The highest BCUT2D eigenvalue weighted by molar-refractivity contribution is 14.1. The van der Waals surface area contributed by atoms with E-state index < -0.39 is 0 Å². The normalized spacial score (nSPS) is 18.0. The van der Waals surface area contributed by atoms with Crippen LogP contribution in [0, 0.1) is 5.92 Å². The summed E-state index contributed by atoms with van der Waals surface area (Å²) in [5.74, 6) is 0.747. The lowest BCUT2D eigenvalue weighted by molar-refractivity contribution is 0.470. The molecule has 0 aliphatic heterocycles. The smallest absolute Gasteiger partial charge is 0.0113 e. The Balaban J connectivity index is 2.82. The number of hydrogen-bond acceptors (Lipinski definition) is 0. The quantitative estimate of drug-likeness (QED) is 0.319. The van der Waals surface area contributed by atoms with Crippen molar-refractivity contribution in [2.24, 2.45) is 5.92 Å². The summed E-state index contributed by atoms with van der Waals surface area (Å²) >= 11 is 2.57. The first-order valence-electron chi connectivity index (χ1n) is 7.85. The van der Waals surface area contributed by atoms with Gasteiger partial charge in [-0.2, -0.15) is 0 Å². The third-order valence-electron chi connectivity index (χ3n) is 4.15. The van der Waals surface area contributed by atoms with Crippen molar-refractivity contribution < 1.29 is 0 Å². The Labute approximate surface area is 139 Å². The van der Waals surface area contributed by atoms with Crippen LogP contribution in [0.2, 0.25) is 0 Å². The van der Waals surface area contributed by atoms with E-state index in [1.54, 1.807) is 0 Å². The molecule has 0 saturated carbocycles. The maximum atomic E-state index is 4.39. The summed E-state index contributed by atoms with van der Waals surface area (Å²) in [6, 6.07) is 0. The highest BCUT2D eigenvalue weighted by atomic mass is 127. The number of alkyl halides is 1. The van der Waals surface area contributed by atoms with Crippen LogP contribution in [0.1, 0.15) is 59.3 Å². The first kappa shape index (κ1) is 17.7. The molecule has 0 heterocycles. The summed E-state index contributed by atoms with van der Waals surface area (Å²) in [4.78, 5) is 0. The van der Waals surface area contributed by atoms with Crippen molar-refractivity contribution in [2.45, 2.75) is 63.2 Å². The summed E-state index contributed by atoms with van der Waals surface area (Å²) < 4.78 is 0.706. The van der Waals surface area contributed by atoms with E-state index in [1.165, 1.54) is 41.6 Å². The van der Waals surface area contributed by atoms with E-state index >= 15 is 0 Å². The number of hydrogen-bond donors (Lipinski definition) is 0. The predicted molar refractivity (Wildman–Crippen MR) is 100 cm³/mol. The Morgan fingerprint density at radius 2 is 2.10 bits per heavy atom. The highest BCUT2D eigenvalue weighted by Gasteiger charge is 2.19. The van der Waals surface area contributed by atoms with Gasteiger partial charge in [0.2, 0.25) is 0 Å². The Hall–Kier alpha value is -0.310. The topological polar surface area (TPSA) is 0 Å². The van der Waals surface area contributed by atoms with E-state index in [2.05, 4.69) is 68.7 Å². The van der Waals surface area contributed by atoms with Gasteiger partial charge in [-0.3, -0.25) is 0 Å². The van der Waals surface area contributed by atoms with E-state index in [-0.39, 0.29) is 0 Å². The fourth-order valence-electron chi connectivity index (χ4n) is 2.83. The molecule has 112 valence electrons. The molecule has 0 aromatic rings. The van der Waals surface area contributed by atoms with E-state index in [0.717, 1.165) is 25.2 Å². The number of allylic oxidation sites excluding steroid dienone is 6. The minimum atomic E-state index is 0.706. The molecule has 0 spiro atoms. The number of rotatable bonds is 8. The van der Waals surface area contributed by atoms with Crippen molar-refractivity contribution in [3.05, 3.63) is 47.6 Å². The van der Waals surface area contributed by atoms with Crippen LogP contribution in [0.25, 0.3) is 0 Å². The van der Waals surface area contributed by atoms with E-state index in [4.69, 9.17) is 0 Å². The molecule has 0 fully saturated rings. The average molecular weight is 384 g/mol. The van der Waals surface area contributed by atoms with Gasteiger partial charge in [0, 0.05) is 3.92 Å². The monoisotopic (exact) mass is 384 g/mol. The first-order chi connectivity index (χ1) is 9.47. The molecule has 0 aromatic carbocycles. The predicted octanol–water partition coefficient (Wildman–Crippen LogP) is 6.79. The Bertz CT molecular complexity index is 409. The van der Waals surface area contributed by atoms with Crippen LogP contribution < -0.4 is 0 Å². The van der Waals surface area contributed by atoms with Crippen LogP contribution >= 0.6 is 22.6 Å². The lowest BCUT2D eigenvalue weighted by Gasteiger charge is -2.24. The third-order valence-corrected chi connectivity index (χ3v) is 5.17. The molecule has 1 heteroatoms. The molecule has 1 aliphatic rings. The molecular weight excluding hydrogens is 355 g/mol. The van der Waals surface area contributed by atoms with Gasteiger partial charge in [0.05, 0.1) is 0 Å². The van der Waals surface area contributed by atoms with E-state index in [9.17, 15) is 0 Å². The van der Waals surface area contributed by atoms with Crippen molar-refractivity contribution in [1.29, 1.82) is 0 Å². The van der Waals surface area contributed by atoms with Crippen LogP contribution in [-0.4, -0.2) is 3.92 Å². The van der Waals surface area contributed by atoms with Gasteiger partial charge in [0.15, 0.2) is 0 Å². The molecule has 1 rings (SSSR count). The molecule has 0 nitrogen and oxygen atoms in total. The zero-order chi connectivity index (χ0) is 15.1. The fourth-order valence-corrected chi connectivity index (χ4v) is 3.44. The zero-order valence-corrected chi connectivity index (χ0v) is 15.5. The van der Waals surface area contributed by atoms with E-state index in [1.807, 2.05) is 0 Å². The molecule has 2 atom stereocenters. The molecule has 0 radical (unpaired) electrons. The number of halogens is 1. The summed E-state index contributed by atoms with van der Waals surface area (Å²) in [6.45, 7) is 15.3. The molecule has 0 bridgehead atoms. The highest BCUT2D eigenvalue weighted by Crippen LogP contribution is 2.34. The van der Waals surface area contributed by atoms with Crippen molar-refractivity contribution in [3.63, 3.8) is 0 Å². The largest absolute Gasteiger partial charge is 0.0958 e. The second-order valence-electron chi connectivity index (χ2n) is 6.00. The molecule has 2 unspecified atom stereocenters. The standard InChI is InChI=1S/C19H29I/c1-6-7-10-17(16(5)20)13-15(4)19-12-9-8-11-18(19)14(2)3/h9,12,16-17H,2,4,6-8,10-11,13H2,1,3,5H3. The van der Waals surface area contributed by atoms with Crippen molar-refractivity contribution in [1.82, 2.24) is 0 Å². The summed E-state index contributed by atoms with van der Waals surface area (Å²) in [7, 11) is 0. The van der Waals surface area contributed by atoms with Crippen LogP contribution in [0.5, 0.6) is 0 Å². The third kappa shape index (κ3) is 5.23. The van der Waals surface area contributed by atoms with Crippen molar-refractivity contribution in [3.8, 4) is 0 Å². The van der Waals surface area contributed by atoms with Gasteiger partial charge in [-0.05, 0) is 55.2 Å². The van der Waals surface area contributed by atoms with Crippen LogP contribution in [0.4, 0.5) is 0 Å². The van der Waals surface area contributed by atoms with Gasteiger partial charge in [0.1, 0.15) is 0 Å². The molecule has 0 aromatic heterocycles. The van der Waals surface area contributed by atoms with Gasteiger partial charge >= 0.3 is 0 Å². The van der Waals surface area contributed by atoms with Crippen molar-refractivity contribution in [2.75, 3.05) is 0 Å². The molecule has 0 saturated heterocycles. The molecule has 0 amide bonds. The maximum Gasteiger partial charge on any atom is 0.0113 e. The summed E-state index contributed by atoms with van der Waals surface area (Å²) in [5, 5.41) is 0. The van der Waals surface area contributed by atoms with Gasteiger partial charge < -0.3 is 0 Å². The molecular formula is C19H29I. The van der Waals surface area contributed by atoms with Gasteiger partial charge in [-0.25, -0.2) is 0 Å².